The summed E-state index contributed by atoms with van der Waals surface area (Å²) in [5, 5.41) is 9.50. The summed E-state index contributed by atoms with van der Waals surface area (Å²) in [6.07, 6.45) is 0. The molecule has 100 valence electrons. The Kier molecular flexibility index (Phi) is 3.80. The number of benzene rings is 1. The number of aromatic carboxylic acids is 1. The van der Waals surface area contributed by atoms with Gasteiger partial charge >= 0.3 is 5.97 Å². The van der Waals surface area contributed by atoms with Crippen molar-refractivity contribution in [1.29, 1.82) is 0 Å². The van der Waals surface area contributed by atoms with Gasteiger partial charge in [0.2, 0.25) is 0 Å². The number of carbonyl (C=O) groups is 1. The Morgan fingerprint density at radius 3 is 2.68 bits per heavy atom. The molecule has 1 N–H and O–H groups in total. The van der Waals surface area contributed by atoms with E-state index < -0.39 is 5.97 Å². The predicted molar refractivity (Wildman–Crippen MR) is 72.9 cm³/mol. The SMILES string of the molecule is CCN(c1nc(C(=O)O)c(C)s1)c1ccccc1F. The van der Waals surface area contributed by atoms with Gasteiger partial charge < -0.3 is 10.0 Å². The number of anilines is 2. The zero-order valence-electron chi connectivity index (χ0n) is 10.6. The van der Waals surface area contributed by atoms with E-state index in [1.54, 1.807) is 30.0 Å². The highest BCUT2D eigenvalue weighted by Crippen LogP contribution is 2.32. The monoisotopic (exact) mass is 280 g/mol. The molecule has 2 aromatic rings. The van der Waals surface area contributed by atoms with Crippen molar-refractivity contribution >= 4 is 28.1 Å². The number of halogens is 1. The minimum absolute atomic E-state index is 0.0230. The van der Waals surface area contributed by atoms with Crippen molar-refractivity contribution in [1.82, 2.24) is 4.98 Å². The molecular weight excluding hydrogens is 267 g/mol. The second-order valence-corrected chi connectivity index (χ2v) is 5.08. The minimum Gasteiger partial charge on any atom is -0.476 e. The van der Waals surface area contributed by atoms with Crippen LogP contribution in [0.2, 0.25) is 0 Å². The van der Waals surface area contributed by atoms with Crippen LogP contribution >= 0.6 is 11.3 Å². The zero-order chi connectivity index (χ0) is 14.0. The third-order valence-corrected chi connectivity index (χ3v) is 3.67. The van der Waals surface area contributed by atoms with E-state index in [1.807, 2.05) is 6.92 Å². The molecule has 0 saturated heterocycles. The number of para-hydroxylation sites is 1. The van der Waals surface area contributed by atoms with Gasteiger partial charge in [-0.25, -0.2) is 14.2 Å². The summed E-state index contributed by atoms with van der Waals surface area (Å²) in [7, 11) is 0. The molecule has 1 aromatic carbocycles. The van der Waals surface area contributed by atoms with Crippen molar-refractivity contribution in [2.75, 3.05) is 11.4 Å². The van der Waals surface area contributed by atoms with E-state index in [4.69, 9.17) is 5.11 Å². The van der Waals surface area contributed by atoms with Crippen LogP contribution < -0.4 is 4.90 Å². The summed E-state index contributed by atoms with van der Waals surface area (Å²) in [4.78, 5) is 17.4. The Morgan fingerprint density at radius 1 is 1.47 bits per heavy atom. The quantitative estimate of drug-likeness (QED) is 0.932. The fraction of sp³-hybridized carbons (Fsp3) is 0.231. The summed E-state index contributed by atoms with van der Waals surface area (Å²) < 4.78 is 13.8. The van der Waals surface area contributed by atoms with Gasteiger partial charge in [-0.1, -0.05) is 12.1 Å². The molecule has 0 unspecified atom stereocenters. The van der Waals surface area contributed by atoms with E-state index in [0.29, 0.717) is 22.2 Å². The molecule has 0 aliphatic heterocycles. The lowest BCUT2D eigenvalue weighted by Gasteiger charge is -2.20. The number of rotatable bonds is 4. The maximum Gasteiger partial charge on any atom is 0.355 e. The Hall–Kier alpha value is -1.95. The molecule has 1 heterocycles. The first-order chi connectivity index (χ1) is 9.04. The third kappa shape index (κ3) is 2.58. The summed E-state index contributed by atoms with van der Waals surface area (Å²) in [6.45, 7) is 4.07. The highest BCUT2D eigenvalue weighted by atomic mass is 32.1. The van der Waals surface area contributed by atoms with Gasteiger partial charge in [0, 0.05) is 11.4 Å². The van der Waals surface area contributed by atoms with E-state index in [2.05, 4.69) is 4.98 Å². The molecule has 0 spiro atoms. The summed E-state index contributed by atoms with van der Waals surface area (Å²) in [5.41, 5.74) is 0.422. The van der Waals surface area contributed by atoms with Crippen LogP contribution in [0.5, 0.6) is 0 Å². The van der Waals surface area contributed by atoms with Gasteiger partial charge in [0.15, 0.2) is 10.8 Å². The number of hydrogen-bond acceptors (Lipinski definition) is 4. The number of hydrogen-bond donors (Lipinski definition) is 1. The first-order valence-corrected chi connectivity index (χ1v) is 6.59. The molecule has 0 radical (unpaired) electrons. The Bertz CT molecular complexity index is 612. The maximum atomic E-state index is 13.8. The van der Waals surface area contributed by atoms with Gasteiger partial charge in [0.1, 0.15) is 5.82 Å². The van der Waals surface area contributed by atoms with Crippen LogP contribution in [0, 0.1) is 12.7 Å². The lowest BCUT2D eigenvalue weighted by Crippen LogP contribution is -2.17. The van der Waals surface area contributed by atoms with Crippen molar-refractivity contribution in [3.05, 3.63) is 40.7 Å². The van der Waals surface area contributed by atoms with Crippen LogP contribution in [0.25, 0.3) is 0 Å². The number of nitrogens with zero attached hydrogens (tertiary/aromatic N) is 2. The van der Waals surface area contributed by atoms with Gasteiger partial charge in [0.05, 0.1) is 5.69 Å². The normalized spacial score (nSPS) is 10.5. The Balaban J connectivity index is 2.46. The molecule has 4 nitrogen and oxygen atoms in total. The van der Waals surface area contributed by atoms with Crippen molar-refractivity contribution in [3.8, 4) is 0 Å². The molecule has 0 aliphatic rings. The zero-order valence-corrected chi connectivity index (χ0v) is 11.4. The highest BCUT2D eigenvalue weighted by Gasteiger charge is 2.20. The topological polar surface area (TPSA) is 53.4 Å². The van der Waals surface area contributed by atoms with Crippen LogP contribution in [-0.2, 0) is 0 Å². The molecule has 0 saturated carbocycles. The first-order valence-electron chi connectivity index (χ1n) is 5.77. The van der Waals surface area contributed by atoms with Crippen LogP contribution in [0.3, 0.4) is 0 Å². The Labute approximate surface area is 114 Å². The molecule has 0 bridgehead atoms. The van der Waals surface area contributed by atoms with Crippen LogP contribution in [0.15, 0.2) is 24.3 Å². The van der Waals surface area contributed by atoms with Crippen LogP contribution in [0.4, 0.5) is 15.2 Å². The fourth-order valence-electron chi connectivity index (χ4n) is 1.78. The standard InChI is InChI=1S/C13H13FN2O2S/c1-3-16(10-7-5-4-6-9(10)14)13-15-11(12(17)18)8(2)19-13/h4-7H,3H2,1-2H3,(H,17,18). The predicted octanol–water partition coefficient (Wildman–Crippen LogP) is 3.45. The number of carboxylic acids is 1. The molecule has 6 heteroatoms. The molecule has 0 aliphatic carbocycles. The minimum atomic E-state index is -1.07. The third-order valence-electron chi connectivity index (χ3n) is 2.68. The average Bonchev–Trinajstić information content (AvgIpc) is 2.75. The van der Waals surface area contributed by atoms with Crippen molar-refractivity contribution in [2.24, 2.45) is 0 Å². The van der Waals surface area contributed by atoms with Crippen LogP contribution in [-0.4, -0.2) is 22.6 Å². The van der Waals surface area contributed by atoms with E-state index in [0.717, 1.165) is 0 Å². The lowest BCUT2D eigenvalue weighted by atomic mass is 10.3. The molecule has 0 amide bonds. The summed E-state index contributed by atoms with van der Waals surface area (Å²) in [5.74, 6) is -1.42. The van der Waals surface area contributed by atoms with Gasteiger partial charge in [-0.2, -0.15) is 0 Å². The molecule has 2 rings (SSSR count). The molecule has 1 aromatic heterocycles. The lowest BCUT2D eigenvalue weighted by molar-refractivity contribution is 0.0690. The maximum absolute atomic E-state index is 13.8. The smallest absolute Gasteiger partial charge is 0.355 e. The second kappa shape index (κ2) is 5.36. The molecular formula is C13H13FN2O2S. The first kappa shape index (κ1) is 13.5. The summed E-state index contributed by atoms with van der Waals surface area (Å²) >= 11 is 1.25. The Morgan fingerprint density at radius 2 is 2.16 bits per heavy atom. The fourth-order valence-corrected chi connectivity index (χ4v) is 2.75. The molecule has 0 fully saturated rings. The number of thiazole rings is 1. The van der Waals surface area contributed by atoms with Crippen LogP contribution in [0.1, 0.15) is 22.3 Å². The van der Waals surface area contributed by atoms with E-state index in [1.165, 1.54) is 17.4 Å². The largest absolute Gasteiger partial charge is 0.476 e. The van der Waals surface area contributed by atoms with Crippen molar-refractivity contribution in [3.63, 3.8) is 0 Å². The average molecular weight is 280 g/mol. The number of carboxylic acid groups (broad SMARTS) is 1. The van der Waals surface area contributed by atoms with E-state index >= 15 is 0 Å². The van der Waals surface area contributed by atoms with Crippen molar-refractivity contribution in [2.45, 2.75) is 13.8 Å². The molecule has 19 heavy (non-hydrogen) atoms. The number of aryl methyl sites for hydroxylation is 1. The van der Waals surface area contributed by atoms with E-state index in [-0.39, 0.29) is 11.5 Å². The highest BCUT2D eigenvalue weighted by molar-refractivity contribution is 7.15. The van der Waals surface area contributed by atoms with E-state index in [9.17, 15) is 9.18 Å². The molecule has 0 atom stereocenters. The van der Waals surface area contributed by atoms with Gasteiger partial charge in [-0.15, -0.1) is 11.3 Å². The van der Waals surface area contributed by atoms with Gasteiger partial charge in [-0.3, -0.25) is 0 Å². The second-order valence-electron chi connectivity index (χ2n) is 3.90. The van der Waals surface area contributed by atoms with Gasteiger partial charge in [0.25, 0.3) is 0 Å². The van der Waals surface area contributed by atoms with Crippen molar-refractivity contribution < 1.29 is 14.3 Å². The summed E-state index contributed by atoms with van der Waals surface area (Å²) in [6, 6.07) is 6.37. The van der Waals surface area contributed by atoms with Gasteiger partial charge in [-0.05, 0) is 26.0 Å². The number of aromatic nitrogens is 1.